The molecule has 3 rings (SSSR count). The van der Waals surface area contributed by atoms with Gasteiger partial charge >= 0.3 is 0 Å². The van der Waals surface area contributed by atoms with Crippen LogP contribution in [0, 0.1) is 15.2 Å². The minimum absolute atomic E-state index is 0.0370. The number of carbonyl (C=O) groups is 1. The molecule has 0 unspecified atom stereocenters. The molecule has 1 amide bonds. The summed E-state index contributed by atoms with van der Waals surface area (Å²) in [5.74, 6) is -2.58. The molecule has 2 aromatic carbocycles. The highest BCUT2D eigenvalue weighted by Gasteiger charge is 2.12. The lowest BCUT2D eigenvalue weighted by molar-refractivity contribution is 0.102. The summed E-state index contributed by atoms with van der Waals surface area (Å²) in [5.41, 5.74) is 1.72. The summed E-state index contributed by atoms with van der Waals surface area (Å²) >= 11 is 3.48. The van der Waals surface area contributed by atoms with Crippen LogP contribution in [0.15, 0.2) is 47.8 Å². The Morgan fingerprint density at radius 2 is 1.83 bits per heavy atom. The van der Waals surface area contributed by atoms with Crippen LogP contribution >= 0.6 is 33.9 Å². The Labute approximate surface area is 148 Å². The van der Waals surface area contributed by atoms with Crippen molar-refractivity contribution in [1.29, 1.82) is 0 Å². The van der Waals surface area contributed by atoms with Crippen LogP contribution in [-0.2, 0) is 0 Å². The van der Waals surface area contributed by atoms with Crippen molar-refractivity contribution in [3.05, 3.63) is 68.6 Å². The summed E-state index contributed by atoms with van der Waals surface area (Å²) in [6.45, 7) is 0. The van der Waals surface area contributed by atoms with E-state index in [-0.39, 0.29) is 5.56 Å². The summed E-state index contributed by atoms with van der Waals surface area (Å²) in [5, 5.41) is 4.80. The predicted molar refractivity (Wildman–Crippen MR) is 94.6 cm³/mol. The van der Waals surface area contributed by atoms with Crippen molar-refractivity contribution in [1.82, 2.24) is 4.98 Å². The lowest BCUT2D eigenvalue weighted by Crippen LogP contribution is -2.12. The Morgan fingerprint density at radius 3 is 2.52 bits per heavy atom. The first-order valence-electron chi connectivity index (χ1n) is 6.51. The molecule has 0 fully saturated rings. The van der Waals surface area contributed by atoms with Crippen LogP contribution in [0.2, 0.25) is 0 Å². The first-order valence-corrected chi connectivity index (χ1v) is 8.46. The Hall–Kier alpha value is -1.87. The van der Waals surface area contributed by atoms with Gasteiger partial charge in [-0.1, -0.05) is 12.1 Å². The minimum Gasteiger partial charge on any atom is -0.298 e. The molecular formula is C16H9F2IN2OS. The number of halogens is 3. The zero-order chi connectivity index (χ0) is 16.4. The fourth-order valence-electron chi connectivity index (χ4n) is 1.89. The van der Waals surface area contributed by atoms with Gasteiger partial charge in [0.25, 0.3) is 5.91 Å². The standard InChI is InChI=1S/C16H9F2IN2OS/c17-12-6-3-10(7-13(12)18)15(22)21-16-20-14(8-23-16)9-1-4-11(19)5-2-9/h1-8H,(H,20,21,22). The van der Waals surface area contributed by atoms with Crippen LogP contribution < -0.4 is 5.32 Å². The Morgan fingerprint density at radius 1 is 1.09 bits per heavy atom. The maximum absolute atomic E-state index is 13.2. The molecule has 0 atom stereocenters. The van der Waals surface area contributed by atoms with E-state index in [1.807, 2.05) is 29.6 Å². The van der Waals surface area contributed by atoms with Crippen molar-refractivity contribution < 1.29 is 13.6 Å². The molecule has 0 aliphatic heterocycles. The quantitative estimate of drug-likeness (QED) is 0.584. The van der Waals surface area contributed by atoms with Crippen LogP contribution in [0.25, 0.3) is 11.3 Å². The van der Waals surface area contributed by atoms with Gasteiger partial charge in [0, 0.05) is 20.1 Å². The third kappa shape index (κ3) is 3.73. The molecule has 23 heavy (non-hydrogen) atoms. The summed E-state index contributed by atoms with van der Waals surface area (Å²) in [6, 6.07) is 10.8. The zero-order valence-corrected chi connectivity index (χ0v) is 14.5. The number of hydrogen-bond donors (Lipinski definition) is 1. The van der Waals surface area contributed by atoms with Crippen molar-refractivity contribution in [2.75, 3.05) is 5.32 Å². The highest BCUT2D eigenvalue weighted by Crippen LogP contribution is 2.25. The molecule has 0 aliphatic rings. The van der Waals surface area contributed by atoms with Gasteiger partial charge in [0.2, 0.25) is 0 Å². The normalized spacial score (nSPS) is 10.6. The molecule has 116 valence electrons. The summed E-state index contributed by atoms with van der Waals surface area (Å²) in [6.07, 6.45) is 0. The second-order valence-electron chi connectivity index (χ2n) is 4.63. The first-order chi connectivity index (χ1) is 11.0. The molecule has 3 nitrogen and oxygen atoms in total. The van der Waals surface area contributed by atoms with E-state index in [4.69, 9.17) is 0 Å². The Kier molecular flexibility index (Phi) is 4.67. The van der Waals surface area contributed by atoms with E-state index < -0.39 is 17.5 Å². The van der Waals surface area contributed by atoms with E-state index in [1.54, 1.807) is 0 Å². The lowest BCUT2D eigenvalue weighted by Gasteiger charge is -2.02. The average molecular weight is 442 g/mol. The molecule has 3 aromatic rings. The third-order valence-corrected chi connectivity index (χ3v) is 4.52. The Balaban J connectivity index is 1.77. The van der Waals surface area contributed by atoms with E-state index >= 15 is 0 Å². The van der Waals surface area contributed by atoms with Crippen LogP contribution in [0.3, 0.4) is 0 Å². The molecule has 0 saturated carbocycles. The van der Waals surface area contributed by atoms with E-state index in [2.05, 4.69) is 32.9 Å². The number of anilines is 1. The number of nitrogens with one attached hydrogen (secondary N) is 1. The van der Waals surface area contributed by atoms with Crippen LogP contribution in [-0.4, -0.2) is 10.9 Å². The first kappa shape index (κ1) is 16.0. The van der Waals surface area contributed by atoms with Gasteiger partial charge in [-0.2, -0.15) is 0 Å². The SMILES string of the molecule is O=C(Nc1nc(-c2ccc(I)cc2)cs1)c1ccc(F)c(F)c1. The van der Waals surface area contributed by atoms with Crippen LogP contribution in [0.4, 0.5) is 13.9 Å². The highest BCUT2D eigenvalue weighted by molar-refractivity contribution is 14.1. The van der Waals surface area contributed by atoms with Crippen molar-refractivity contribution in [2.45, 2.75) is 0 Å². The van der Waals surface area contributed by atoms with E-state index in [0.717, 1.165) is 27.0 Å². The number of benzene rings is 2. The van der Waals surface area contributed by atoms with Crippen molar-refractivity contribution in [2.24, 2.45) is 0 Å². The molecule has 1 N–H and O–H groups in total. The van der Waals surface area contributed by atoms with Gasteiger partial charge in [0.15, 0.2) is 16.8 Å². The summed E-state index contributed by atoms with van der Waals surface area (Å²) < 4.78 is 27.2. The fraction of sp³-hybridized carbons (Fsp3) is 0. The van der Waals surface area contributed by atoms with Crippen LogP contribution in [0.5, 0.6) is 0 Å². The fourth-order valence-corrected chi connectivity index (χ4v) is 2.97. The van der Waals surface area contributed by atoms with E-state index in [0.29, 0.717) is 5.13 Å². The van der Waals surface area contributed by atoms with E-state index in [9.17, 15) is 13.6 Å². The lowest BCUT2D eigenvalue weighted by atomic mass is 10.2. The number of rotatable bonds is 3. The maximum atomic E-state index is 13.2. The molecule has 0 radical (unpaired) electrons. The van der Waals surface area contributed by atoms with Gasteiger partial charge in [0.05, 0.1) is 5.69 Å². The predicted octanol–water partition coefficient (Wildman–Crippen LogP) is 4.95. The molecular weight excluding hydrogens is 433 g/mol. The molecule has 1 heterocycles. The second-order valence-corrected chi connectivity index (χ2v) is 6.73. The average Bonchev–Trinajstić information content (AvgIpc) is 2.99. The topological polar surface area (TPSA) is 42.0 Å². The number of aromatic nitrogens is 1. The molecule has 0 spiro atoms. The smallest absolute Gasteiger partial charge is 0.257 e. The van der Waals surface area contributed by atoms with Gasteiger partial charge in [0.1, 0.15) is 0 Å². The number of nitrogens with zero attached hydrogens (tertiary/aromatic N) is 1. The maximum Gasteiger partial charge on any atom is 0.257 e. The molecule has 0 aliphatic carbocycles. The number of amides is 1. The second kappa shape index (κ2) is 6.71. The monoisotopic (exact) mass is 442 g/mol. The minimum atomic E-state index is -1.06. The zero-order valence-electron chi connectivity index (χ0n) is 11.5. The van der Waals surface area contributed by atoms with Gasteiger partial charge < -0.3 is 0 Å². The molecule has 7 heteroatoms. The van der Waals surface area contributed by atoms with Crippen molar-refractivity contribution in [3.8, 4) is 11.3 Å². The Bertz CT molecular complexity index is 865. The van der Waals surface area contributed by atoms with Gasteiger partial charge in [-0.3, -0.25) is 10.1 Å². The molecule has 1 aromatic heterocycles. The number of thiazole rings is 1. The van der Waals surface area contributed by atoms with E-state index in [1.165, 1.54) is 17.4 Å². The molecule has 0 bridgehead atoms. The largest absolute Gasteiger partial charge is 0.298 e. The molecule has 0 saturated heterocycles. The van der Waals surface area contributed by atoms with Gasteiger partial charge in [-0.25, -0.2) is 13.8 Å². The van der Waals surface area contributed by atoms with Crippen LogP contribution in [0.1, 0.15) is 10.4 Å². The summed E-state index contributed by atoms with van der Waals surface area (Å²) in [7, 11) is 0. The number of hydrogen-bond acceptors (Lipinski definition) is 3. The number of carbonyl (C=O) groups excluding carboxylic acids is 1. The van der Waals surface area contributed by atoms with Crippen molar-refractivity contribution >= 4 is 45.0 Å². The third-order valence-electron chi connectivity index (χ3n) is 3.05. The van der Waals surface area contributed by atoms with Gasteiger partial charge in [-0.05, 0) is 52.9 Å². The van der Waals surface area contributed by atoms with Crippen molar-refractivity contribution in [3.63, 3.8) is 0 Å². The summed E-state index contributed by atoms with van der Waals surface area (Å²) in [4.78, 5) is 16.4. The highest BCUT2D eigenvalue weighted by atomic mass is 127. The van der Waals surface area contributed by atoms with Gasteiger partial charge in [-0.15, -0.1) is 11.3 Å².